The van der Waals surface area contributed by atoms with Gasteiger partial charge in [-0.05, 0) is 62.3 Å². The van der Waals surface area contributed by atoms with Gasteiger partial charge in [-0.25, -0.2) is 0 Å². The molecular weight excluding hydrogens is 262 g/mol. The van der Waals surface area contributed by atoms with E-state index in [0.29, 0.717) is 5.92 Å². The van der Waals surface area contributed by atoms with E-state index >= 15 is 0 Å². The van der Waals surface area contributed by atoms with Gasteiger partial charge >= 0.3 is 0 Å². The summed E-state index contributed by atoms with van der Waals surface area (Å²) < 4.78 is 0. The molecule has 5 nitrogen and oxygen atoms in total. The van der Waals surface area contributed by atoms with Crippen LogP contribution in [0.4, 0.5) is 5.95 Å². The molecule has 5 heteroatoms. The van der Waals surface area contributed by atoms with Crippen LogP contribution in [0.3, 0.4) is 0 Å². The average molecular weight is 289 g/mol. The maximum Gasteiger partial charge on any atom is 0.244 e. The van der Waals surface area contributed by atoms with Crippen molar-refractivity contribution < 1.29 is 0 Å². The highest BCUT2D eigenvalue weighted by atomic mass is 15.4. The monoisotopic (exact) mass is 289 g/mol. The molecule has 1 aromatic rings. The van der Waals surface area contributed by atoms with Gasteiger partial charge in [0.1, 0.15) is 5.82 Å². The lowest BCUT2D eigenvalue weighted by Crippen LogP contribution is -2.39. The summed E-state index contributed by atoms with van der Waals surface area (Å²) in [5.74, 6) is 5.41. The van der Waals surface area contributed by atoms with Crippen LogP contribution < -0.4 is 10.6 Å². The smallest absolute Gasteiger partial charge is 0.244 e. The van der Waals surface area contributed by atoms with E-state index in [4.69, 9.17) is 10.7 Å². The fraction of sp³-hybridized carbons (Fsp3) is 0.875. The lowest BCUT2D eigenvalue weighted by Gasteiger charge is -2.31. The van der Waals surface area contributed by atoms with E-state index in [0.717, 1.165) is 55.6 Å². The van der Waals surface area contributed by atoms with E-state index in [9.17, 15) is 0 Å². The number of aromatic nitrogens is 3. The van der Waals surface area contributed by atoms with Gasteiger partial charge in [0, 0.05) is 19.5 Å². The Morgan fingerprint density at radius 1 is 1.24 bits per heavy atom. The fourth-order valence-corrected chi connectivity index (χ4v) is 4.83. The molecule has 4 rings (SSSR count). The third-order valence-electron chi connectivity index (χ3n) is 6.00. The van der Waals surface area contributed by atoms with E-state index in [-0.39, 0.29) is 0 Å². The summed E-state index contributed by atoms with van der Waals surface area (Å²) in [4.78, 5) is 7.08. The molecule has 21 heavy (non-hydrogen) atoms. The molecule has 116 valence electrons. The van der Waals surface area contributed by atoms with Gasteiger partial charge in [0.2, 0.25) is 5.95 Å². The quantitative estimate of drug-likeness (QED) is 0.889. The number of nitrogens with one attached hydrogen (secondary N) is 1. The lowest BCUT2D eigenvalue weighted by atomic mass is 9.86. The Bertz CT molecular complexity index is 485. The van der Waals surface area contributed by atoms with E-state index in [1.165, 1.54) is 38.5 Å². The highest BCUT2D eigenvalue weighted by molar-refractivity contribution is 5.29. The first kappa shape index (κ1) is 13.6. The minimum absolute atomic E-state index is 0.603. The van der Waals surface area contributed by atoms with Crippen molar-refractivity contribution in [2.75, 3.05) is 24.5 Å². The molecule has 0 aromatic carbocycles. The first-order valence-corrected chi connectivity index (χ1v) is 8.68. The maximum atomic E-state index is 5.82. The summed E-state index contributed by atoms with van der Waals surface area (Å²) in [6.07, 6.45) is 9.35. The summed E-state index contributed by atoms with van der Waals surface area (Å²) >= 11 is 0. The lowest BCUT2D eigenvalue weighted by molar-refractivity contribution is 0.327. The van der Waals surface area contributed by atoms with E-state index in [1.807, 2.05) is 0 Å². The summed E-state index contributed by atoms with van der Waals surface area (Å²) in [6, 6.07) is 0. The molecule has 2 bridgehead atoms. The zero-order valence-corrected chi connectivity index (χ0v) is 12.8. The summed E-state index contributed by atoms with van der Waals surface area (Å²) in [7, 11) is 0. The third kappa shape index (κ3) is 2.68. The number of hydrogen-bond donors (Lipinski definition) is 2. The highest BCUT2D eigenvalue weighted by Crippen LogP contribution is 2.49. The molecular formula is C16H27N5. The first-order valence-electron chi connectivity index (χ1n) is 8.68. The van der Waals surface area contributed by atoms with Gasteiger partial charge in [-0.2, -0.15) is 4.98 Å². The number of piperidine rings is 1. The Morgan fingerprint density at radius 3 is 2.95 bits per heavy atom. The number of hydrogen-bond acceptors (Lipinski definition) is 4. The number of aromatic amines is 1. The molecule has 4 atom stereocenters. The molecule has 1 saturated heterocycles. The molecule has 3 N–H and O–H groups in total. The Kier molecular flexibility index (Phi) is 3.61. The van der Waals surface area contributed by atoms with Crippen LogP contribution >= 0.6 is 0 Å². The third-order valence-corrected chi connectivity index (χ3v) is 6.00. The Hall–Kier alpha value is -1.10. The van der Waals surface area contributed by atoms with Crippen molar-refractivity contribution in [2.24, 2.45) is 29.4 Å². The van der Waals surface area contributed by atoms with E-state index < -0.39 is 0 Å². The second-order valence-corrected chi connectivity index (χ2v) is 7.41. The summed E-state index contributed by atoms with van der Waals surface area (Å²) in [5, 5.41) is 7.65. The van der Waals surface area contributed by atoms with Crippen molar-refractivity contribution in [3.63, 3.8) is 0 Å². The molecule has 1 aromatic heterocycles. The minimum Gasteiger partial charge on any atom is -0.339 e. The van der Waals surface area contributed by atoms with Gasteiger partial charge in [-0.1, -0.05) is 6.42 Å². The zero-order valence-electron chi connectivity index (χ0n) is 12.8. The van der Waals surface area contributed by atoms with Gasteiger partial charge in [0.05, 0.1) is 0 Å². The van der Waals surface area contributed by atoms with Gasteiger partial charge in [0.25, 0.3) is 0 Å². The van der Waals surface area contributed by atoms with Gasteiger partial charge in [-0.3, -0.25) is 5.10 Å². The predicted octanol–water partition coefficient (Wildman–Crippen LogP) is 1.96. The van der Waals surface area contributed by atoms with Crippen molar-refractivity contribution in [3.8, 4) is 0 Å². The molecule has 1 aliphatic heterocycles. The molecule has 3 fully saturated rings. The molecule has 2 heterocycles. The number of rotatable bonds is 4. The highest BCUT2D eigenvalue weighted by Gasteiger charge is 2.39. The normalized spacial score (nSPS) is 35.6. The molecule has 3 aliphatic rings. The van der Waals surface area contributed by atoms with Crippen molar-refractivity contribution >= 4 is 5.95 Å². The van der Waals surface area contributed by atoms with Gasteiger partial charge in [-0.15, -0.1) is 5.10 Å². The second kappa shape index (κ2) is 5.59. The van der Waals surface area contributed by atoms with Crippen molar-refractivity contribution in [3.05, 3.63) is 5.82 Å². The molecule has 0 spiro atoms. The van der Waals surface area contributed by atoms with Crippen LogP contribution in [-0.2, 0) is 6.42 Å². The largest absolute Gasteiger partial charge is 0.339 e. The van der Waals surface area contributed by atoms with E-state index in [1.54, 1.807) is 0 Å². The van der Waals surface area contributed by atoms with Crippen LogP contribution in [0.5, 0.6) is 0 Å². The fourth-order valence-electron chi connectivity index (χ4n) is 4.83. The first-order chi connectivity index (χ1) is 10.3. The van der Waals surface area contributed by atoms with Crippen LogP contribution in [0.25, 0.3) is 0 Å². The number of anilines is 1. The number of nitrogens with two attached hydrogens (primary N) is 1. The van der Waals surface area contributed by atoms with Crippen molar-refractivity contribution in [1.82, 2.24) is 15.2 Å². The number of nitrogens with zero attached hydrogens (tertiary/aromatic N) is 3. The standard InChI is InChI=1S/C16H27N5/c17-9-12-2-1-5-21(10-12)16-18-15(19-20-16)8-14-7-11-3-4-13(14)6-11/h11-14H,1-10,17H2,(H,18,19,20). The second-order valence-electron chi connectivity index (χ2n) is 7.41. The van der Waals surface area contributed by atoms with Crippen LogP contribution in [0.1, 0.15) is 44.3 Å². The van der Waals surface area contributed by atoms with Gasteiger partial charge in [0.15, 0.2) is 0 Å². The van der Waals surface area contributed by atoms with Crippen LogP contribution in [-0.4, -0.2) is 34.8 Å². The van der Waals surface area contributed by atoms with Crippen LogP contribution in [0.2, 0.25) is 0 Å². The van der Waals surface area contributed by atoms with Gasteiger partial charge < -0.3 is 10.6 Å². The SMILES string of the molecule is NCC1CCCN(c2n[nH]c(CC3CC4CCC3C4)n2)C1. The minimum atomic E-state index is 0.603. The van der Waals surface area contributed by atoms with Crippen molar-refractivity contribution in [2.45, 2.75) is 44.9 Å². The Balaban J connectivity index is 1.39. The van der Waals surface area contributed by atoms with Crippen LogP contribution in [0.15, 0.2) is 0 Å². The number of H-pyrrole nitrogens is 1. The average Bonchev–Trinajstić information content (AvgIpc) is 3.24. The number of fused-ring (bicyclic) bond motifs is 2. The topological polar surface area (TPSA) is 70.8 Å². The summed E-state index contributed by atoms with van der Waals surface area (Å²) in [5.41, 5.74) is 5.82. The molecule has 2 aliphatic carbocycles. The van der Waals surface area contributed by atoms with Crippen LogP contribution in [0, 0.1) is 23.7 Å². The molecule has 0 radical (unpaired) electrons. The molecule has 4 unspecified atom stereocenters. The Morgan fingerprint density at radius 2 is 2.19 bits per heavy atom. The van der Waals surface area contributed by atoms with Crippen molar-refractivity contribution in [1.29, 1.82) is 0 Å². The predicted molar refractivity (Wildman–Crippen MR) is 83.0 cm³/mol. The summed E-state index contributed by atoms with van der Waals surface area (Å²) in [6.45, 7) is 2.86. The molecule has 2 saturated carbocycles. The molecule has 0 amide bonds. The zero-order chi connectivity index (χ0) is 14.2. The Labute approximate surface area is 126 Å². The maximum absolute atomic E-state index is 5.82. The van der Waals surface area contributed by atoms with E-state index in [2.05, 4.69) is 15.1 Å².